The summed E-state index contributed by atoms with van der Waals surface area (Å²) in [6.45, 7) is 11.1. The molecule has 4 heteroatoms. The lowest BCUT2D eigenvalue weighted by Crippen LogP contribution is -2.55. The third-order valence-corrected chi connectivity index (χ3v) is 5.21. The van der Waals surface area contributed by atoms with Crippen molar-refractivity contribution in [1.82, 2.24) is 15.1 Å². The third kappa shape index (κ3) is 5.85. The van der Waals surface area contributed by atoms with Gasteiger partial charge in [-0.25, -0.2) is 0 Å². The highest BCUT2D eigenvalue weighted by Crippen LogP contribution is 2.35. The SMILES string of the molecule is CCN(CC)CC(O)CNCC1(N(C)C)CCCC(C)C1. The van der Waals surface area contributed by atoms with E-state index in [1.165, 1.54) is 25.7 Å². The number of hydrogen-bond acceptors (Lipinski definition) is 4. The van der Waals surface area contributed by atoms with Crippen LogP contribution in [-0.4, -0.2) is 73.4 Å². The van der Waals surface area contributed by atoms with Crippen molar-refractivity contribution in [2.45, 2.75) is 58.1 Å². The van der Waals surface area contributed by atoms with Gasteiger partial charge in [-0.15, -0.1) is 0 Å². The van der Waals surface area contributed by atoms with E-state index in [2.05, 4.69) is 50.0 Å². The van der Waals surface area contributed by atoms with E-state index in [1.54, 1.807) is 0 Å². The van der Waals surface area contributed by atoms with Crippen molar-refractivity contribution >= 4 is 0 Å². The summed E-state index contributed by atoms with van der Waals surface area (Å²) in [5.74, 6) is 0.809. The Morgan fingerprint density at radius 3 is 2.48 bits per heavy atom. The molecule has 0 heterocycles. The molecule has 0 aliphatic heterocycles. The first kappa shape index (κ1) is 18.9. The van der Waals surface area contributed by atoms with Crippen molar-refractivity contribution in [2.75, 3.05) is 46.8 Å². The maximum absolute atomic E-state index is 10.2. The maximum atomic E-state index is 10.2. The van der Waals surface area contributed by atoms with Gasteiger partial charge in [-0.2, -0.15) is 0 Å². The molecule has 126 valence electrons. The Balaban J connectivity index is 2.40. The molecule has 1 saturated carbocycles. The van der Waals surface area contributed by atoms with Crippen molar-refractivity contribution in [2.24, 2.45) is 5.92 Å². The Kier molecular flexibility index (Phi) is 8.17. The van der Waals surface area contributed by atoms with Crippen molar-refractivity contribution in [3.05, 3.63) is 0 Å². The molecule has 1 aliphatic carbocycles. The molecule has 1 rings (SSSR count). The third-order valence-electron chi connectivity index (χ3n) is 5.21. The Morgan fingerprint density at radius 2 is 1.95 bits per heavy atom. The maximum Gasteiger partial charge on any atom is 0.0791 e. The molecular weight excluding hydrogens is 262 g/mol. The van der Waals surface area contributed by atoms with Gasteiger partial charge in [0.2, 0.25) is 0 Å². The van der Waals surface area contributed by atoms with Crippen LogP contribution in [0.3, 0.4) is 0 Å². The molecule has 0 saturated heterocycles. The predicted molar refractivity (Wildman–Crippen MR) is 90.7 cm³/mol. The van der Waals surface area contributed by atoms with E-state index < -0.39 is 0 Å². The summed E-state index contributed by atoms with van der Waals surface area (Å²) in [6.07, 6.45) is 4.94. The first-order chi connectivity index (χ1) is 9.93. The van der Waals surface area contributed by atoms with Crippen molar-refractivity contribution < 1.29 is 5.11 Å². The van der Waals surface area contributed by atoms with E-state index in [0.29, 0.717) is 6.54 Å². The van der Waals surface area contributed by atoms with Gasteiger partial charge in [-0.3, -0.25) is 0 Å². The van der Waals surface area contributed by atoms with E-state index in [9.17, 15) is 5.11 Å². The number of hydrogen-bond donors (Lipinski definition) is 2. The fourth-order valence-electron chi connectivity index (χ4n) is 3.67. The molecule has 3 atom stereocenters. The average molecular weight is 300 g/mol. The van der Waals surface area contributed by atoms with Gasteiger partial charge in [0.15, 0.2) is 0 Å². The van der Waals surface area contributed by atoms with E-state index in [1.807, 2.05) is 0 Å². The normalized spacial score (nSPS) is 28.3. The average Bonchev–Trinajstić information content (AvgIpc) is 2.44. The van der Waals surface area contributed by atoms with E-state index in [4.69, 9.17) is 0 Å². The summed E-state index contributed by atoms with van der Waals surface area (Å²) >= 11 is 0. The quantitative estimate of drug-likeness (QED) is 0.681. The van der Waals surface area contributed by atoms with E-state index >= 15 is 0 Å². The van der Waals surface area contributed by atoms with Crippen LogP contribution in [0.25, 0.3) is 0 Å². The minimum Gasteiger partial charge on any atom is -0.390 e. The van der Waals surface area contributed by atoms with Crippen molar-refractivity contribution in [3.8, 4) is 0 Å². The lowest BCUT2D eigenvalue weighted by atomic mass is 9.75. The lowest BCUT2D eigenvalue weighted by Gasteiger charge is -2.45. The highest BCUT2D eigenvalue weighted by atomic mass is 16.3. The number of aliphatic hydroxyl groups excluding tert-OH is 1. The molecule has 3 unspecified atom stereocenters. The van der Waals surface area contributed by atoms with Crippen LogP contribution in [0, 0.1) is 5.92 Å². The van der Waals surface area contributed by atoms with Crippen LogP contribution >= 0.6 is 0 Å². The molecule has 0 amide bonds. The second-order valence-corrected chi connectivity index (χ2v) is 7.09. The highest BCUT2D eigenvalue weighted by Gasteiger charge is 2.36. The molecule has 1 fully saturated rings. The molecule has 0 aromatic heterocycles. The lowest BCUT2D eigenvalue weighted by molar-refractivity contribution is 0.0660. The second kappa shape index (κ2) is 9.09. The summed E-state index contributed by atoms with van der Waals surface area (Å²) < 4.78 is 0. The highest BCUT2D eigenvalue weighted by molar-refractivity contribution is 4.94. The molecule has 0 bridgehead atoms. The van der Waals surface area contributed by atoms with Crippen LogP contribution in [0.4, 0.5) is 0 Å². The predicted octanol–water partition coefficient (Wildman–Crippen LogP) is 1.79. The molecule has 0 aromatic rings. The molecule has 1 aliphatic rings. The minimum absolute atomic E-state index is 0.270. The largest absolute Gasteiger partial charge is 0.390 e. The monoisotopic (exact) mass is 299 g/mol. The second-order valence-electron chi connectivity index (χ2n) is 7.09. The Labute approximate surface area is 131 Å². The number of rotatable bonds is 9. The van der Waals surface area contributed by atoms with Crippen LogP contribution in [-0.2, 0) is 0 Å². The Bertz CT molecular complexity index is 281. The van der Waals surface area contributed by atoms with Gasteiger partial charge >= 0.3 is 0 Å². The van der Waals surface area contributed by atoms with Crippen molar-refractivity contribution in [3.63, 3.8) is 0 Å². The molecule has 4 nitrogen and oxygen atoms in total. The van der Waals surface area contributed by atoms with Gasteiger partial charge in [-0.05, 0) is 45.9 Å². The van der Waals surface area contributed by atoms with E-state index in [-0.39, 0.29) is 11.6 Å². The van der Waals surface area contributed by atoms with Crippen LogP contribution in [0.15, 0.2) is 0 Å². The fourth-order valence-corrected chi connectivity index (χ4v) is 3.67. The number of nitrogens with zero attached hydrogens (tertiary/aromatic N) is 2. The summed E-state index contributed by atoms with van der Waals surface area (Å²) in [6, 6.07) is 0. The summed E-state index contributed by atoms with van der Waals surface area (Å²) in [5, 5.41) is 13.7. The van der Waals surface area contributed by atoms with Crippen LogP contribution < -0.4 is 5.32 Å². The smallest absolute Gasteiger partial charge is 0.0791 e. The number of aliphatic hydroxyl groups is 1. The van der Waals surface area contributed by atoms with Gasteiger partial charge in [0, 0.05) is 25.2 Å². The standard InChI is InChI=1S/C17H37N3O/c1-6-20(7-2)13-16(21)12-18-14-17(19(4)5)10-8-9-15(3)11-17/h15-16,18,21H,6-14H2,1-5H3. The van der Waals surface area contributed by atoms with Gasteiger partial charge in [-0.1, -0.05) is 33.6 Å². The minimum atomic E-state index is -0.273. The summed E-state index contributed by atoms with van der Waals surface area (Å²) in [4.78, 5) is 4.67. The van der Waals surface area contributed by atoms with Crippen LogP contribution in [0.2, 0.25) is 0 Å². The molecule has 2 N–H and O–H groups in total. The van der Waals surface area contributed by atoms with Crippen LogP contribution in [0.1, 0.15) is 46.5 Å². The van der Waals surface area contributed by atoms with Gasteiger partial charge in [0.1, 0.15) is 0 Å². The zero-order valence-electron chi connectivity index (χ0n) is 14.9. The van der Waals surface area contributed by atoms with Gasteiger partial charge < -0.3 is 20.2 Å². The Hall–Kier alpha value is -0.160. The summed E-state index contributed by atoms with van der Waals surface area (Å²) in [5.41, 5.74) is 0.270. The number of likely N-dealkylation sites (N-methyl/N-ethyl adjacent to an activating group) is 2. The molecule has 0 radical (unpaired) electrons. The fraction of sp³-hybridized carbons (Fsp3) is 1.00. The molecule has 21 heavy (non-hydrogen) atoms. The van der Waals surface area contributed by atoms with E-state index in [0.717, 1.165) is 32.1 Å². The zero-order valence-corrected chi connectivity index (χ0v) is 14.9. The van der Waals surface area contributed by atoms with Gasteiger partial charge in [0.05, 0.1) is 6.10 Å². The first-order valence-electron chi connectivity index (χ1n) is 8.72. The first-order valence-corrected chi connectivity index (χ1v) is 8.72. The Morgan fingerprint density at radius 1 is 1.29 bits per heavy atom. The molecular formula is C17H37N3O. The van der Waals surface area contributed by atoms with Crippen molar-refractivity contribution in [1.29, 1.82) is 0 Å². The van der Waals surface area contributed by atoms with Gasteiger partial charge in [0.25, 0.3) is 0 Å². The molecule has 0 spiro atoms. The zero-order chi connectivity index (χ0) is 15.9. The molecule has 0 aromatic carbocycles. The number of nitrogens with one attached hydrogen (secondary N) is 1. The summed E-state index contributed by atoms with van der Waals surface area (Å²) in [7, 11) is 4.40. The van der Waals surface area contributed by atoms with Crippen LogP contribution in [0.5, 0.6) is 0 Å². The topological polar surface area (TPSA) is 38.7 Å².